The minimum atomic E-state index is 0.269. The molecule has 1 unspecified atom stereocenters. The highest BCUT2D eigenvalue weighted by Crippen LogP contribution is 2.31. The molecule has 0 fully saturated rings. The van der Waals surface area contributed by atoms with E-state index < -0.39 is 0 Å². The molecule has 0 amide bonds. The van der Waals surface area contributed by atoms with E-state index in [0.29, 0.717) is 0 Å². The number of hydrogen-bond acceptors (Lipinski definition) is 3. The van der Waals surface area contributed by atoms with Gasteiger partial charge in [0.25, 0.3) is 0 Å². The van der Waals surface area contributed by atoms with Gasteiger partial charge in [0.05, 0.1) is 13.2 Å². The van der Waals surface area contributed by atoms with E-state index in [-0.39, 0.29) is 6.04 Å². The highest BCUT2D eigenvalue weighted by molar-refractivity contribution is 7.08. The van der Waals surface area contributed by atoms with E-state index in [0.717, 1.165) is 18.7 Å². The summed E-state index contributed by atoms with van der Waals surface area (Å²) in [5, 5.41) is 8.03. The lowest BCUT2D eigenvalue weighted by Gasteiger charge is -2.22. The summed E-state index contributed by atoms with van der Waals surface area (Å²) in [6.45, 7) is 7.48. The molecule has 0 radical (unpaired) electrons. The molecule has 1 aromatic carbocycles. The Hall–Kier alpha value is -1.32. The van der Waals surface area contributed by atoms with Crippen LogP contribution in [0.25, 0.3) is 0 Å². The number of nitrogens with one attached hydrogen (secondary N) is 1. The van der Waals surface area contributed by atoms with Crippen LogP contribution in [0, 0.1) is 13.8 Å². The first-order chi connectivity index (χ1) is 9.67. The Labute approximate surface area is 125 Å². The Balaban J connectivity index is 2.40. The van der Waals surface area contributed by atoms with Crippen LogP contribution in [0.4, 0.5) is 0 Å². The van der Waals surface area contributed by atoms with Crippen LogP contribution in [-0.4, -0.2) is 13.7 Å². The Bertz CT molecular complexity index is 548. The SMILES string of the molecule is CCCNC(c1ccsc1)c1cc(C)c(OC)cc1C. The number of rotatable bonds is 6. The second-order valence-electron chi connectivity index (χ2n) is 5.12. The van der Waals surface area contributed by atoms with Crippen LogP contribution in [0.3, 0.4) is 0 Å². The minimum absolute atomic E-state index is 0.269. The monoisotopic (exact) mass is 289 g/mol. The standard InChI is InChI=1S/C17H23NOS/c1-5-7-18-17(14-6-8-20-11-14)15-9-13(3)16(19-4)10-12(15)2/h6,8-11,17-18H,5,7H2,1-4H3. The Morgan fingerprint density at radius 2 is 2.05 bits per heavy atom. The molecule has 1 atom stereocenters. The van der Waals surface area contributed by atoms with Crippen molar-refractivity contribution in [1.29, 1.82) is 0 Å². The molecule has 0 aliphatic heterocycles. The van der Waals surface area contributed by atoms with Crippen LogP contribution in [0.5, 0.6) is 5.75 Å². The van der Waals surface area contributed by atoms with Crippen molar-refractivity contribution in [2.75, 3.05) is 13.7 Å². The van der Waals surface area contributed by atoms with Crippen molar-refractivity contribution in [1.82, 2.24) is 5.32 Å². The van der Waals surface area contributed by atoms with Gasteiger partial charge in [-0.25, -0.2) is 0 Å². The lowest BCUT2D eigenvalue weighted by atomic mass is 9.94. The van der Waals surface area contributed by atoms with E-state index in [2.05, 4.69) is 55.0 Å². The summed E-state index contributed by atoms with van der Waals surface area (Å²) in [7, 11) is 1.73. The second kappa shape index (κ2) is 6.91. The van der Waals surface area contributed by atoms with E-state index >= 15 is 0 Å². The van der Waals surface area contributed by atoms with Gasteiger partial charge < -0.3 is 10.1 Å². The summed E-state index contributed by atoms with van der Waals surface area (Å²) in [4.78, 5) is 0. The third kappa shape index (κ3) is 3.22. The molecular weight excluding hydrogens is 266 g/mol. The predicted molar refractivity (Wildman–Crippen MR) is 86.9 cm³/mol. The van der Waals surface area contributed by atoms with Gasteiger partial charge in [-0.1, -0.05) is 13.0 Å². The summed E-state index contributed by atoms with van der Waals surface area (Å²) in [5.41, 5.74) is 5.14. The summed E-state index contributed by atoms with van der Waals surface area (Å²) in [6.07, 6.45) is 1.13. The van der Waals surface area contributed by atoms with E-state index in [4.69, 9.17) is 4.74 Å². The highest BCUT2D eigenvalue weighted by Gasteiger charge is 2.17. The number of thiophene rings is 1. The van der Waals surface area contributed by atoms with Gasteiger partial charge in [0, 0.05) is 0 Å². The normalized spacial score (nSPS) is 12.4. The molecule has 2 rings (SSSR count). The summed E-state index contributed by atoms with van der Waals surface area (Å²) < 4.78 is 5.41. The molecule has 1 heterocycles. The van der Waals surface area contributed by atoms with Crippen LogP contribution >= 0.6 is 11.3 Å². The van der Waals surface area contributed by atoms with Crippen LogP contribution in [0.2, 0.25) is 0 Å². The molecule has 0 aliphatic carbocycles. The highest BCUT2D eigenvalue weighted by atomic mass is 32.1. The van der Waals surface area contributed by atoms with Crippen molar-refractivity contribution >= 4 is 11.3 Å². The summed E-state index contributed by atoms with van der Waals surface area (Å²) in [5.74, 6) is 0.964. The molecule has 1 N–H and O–H groups in total. The van der Waals surface area contributed by atoms with Gasteiger partial charge in [0.2, 0.25) is 0 Å². The average Bonchev–Trinajstić information content (AvgIpc) is 2.96. The van der Waals surface area contributed by atoms with Gasteiger partial charge in [-0.2, -0.15) is 11.3 Å². The van der Waals surface area contributed by atoms with Gasteiger partial charge >= 0.3 is 0 Å². The van der Waals surface area contributed by atoms with E-state index in [1.165, 1.54) is 22.3 Å². The zero-order valence-electron chi connectivity index (χ0n) is 12.7. The largest absolute Gasteiger partial charge is 0.496 e. The van der Waals surface area contributed by atoms with Gasteiger partial charge in [0.1, 0.15) is 5.75 Å². The van der Waals surface area contributed by atoms with Crippen molar-refractivity contribution in [3.63, 3.8) is 0 Å². The zero-order valence-corrected chi connectivity index (χ0v) is 13.5. The molecule has 2 aromatic rings. The first-order valence-electron chi connectivity index (χ1n) is 7.08. The number of ether oxygens (including phenoxy) is 1. The summed E-state index contributed by atoms with van der Waals surface area (Å²) >= 11 is 1.75. The molecule has 20 heavy (non-hydrogen) atoms. The van der Waals surface area contributed by atoms with Crippen molar-refractivity contribution in [3.05, 3.63) is 51.2 Å². The van der Waals surface area contributed by atoms with Crippen molar-refractivity contribution < 1.29 is 4.74 Å². The fourth-order valence-electron chi connectivity index (χ4n) is 2.48. The number of benzene rings is 1. The zero-order chi connectivity index (χ0) is 14.5. The maximum Gasteiger partial charge on any atom is 0.122 e. The van der Waals surface area contributed by atoms with E-state index in [9.17, 15) is 0 Å². The van der Waals surface area contributed by atoms with E-state index in [1.807, 2.05) is 0 Å². The summed E-state index contributed by atoms with van der Waals surface area (Å²) in [6, 6.07) is 6.86. The average molecular weight is 289 g/mol. The van der Waals surface area contributed by atoms with Crippen LogP contribution in [0.1, 0.15) is 41.6 Å². The quantitative estimate of drug-likeness (QED) is 0.847. The lowest BCUT2D eigenvalue weighted by Crippen LogP contribution is -2.23. The van der Waals surface area contributed by atoms with Gasteiger partial charge in [-0.05, 0) is 72.0 Å². The molecular formula is C17H23NOS. The molecule has 0 saturated carbocycles. The maximum atomic E-state index is 5.41. The fraction of sp³-hybridized carbons (Fsp3) is 0.412. The Kier molecular flexibility index (Phi) is 5.21. The van der Waals surface area contributed by atoms with Crippen molar-refractivity contribution in [3.8, 4) is 5.75 Å². The fourth-order valence-corrected chi connectivity index (χ4v) is 3.16. The second-order valence-corrected chi connectivity index (χ2v) is 5.90. The molecule has 1 aromatic heterocycles. The molecule has 108 valence electrons. The van der Waals surface area contributed by atoms with Crippen molar-refractivity contribution in [2.45, 2.75) is 33.2 Å². The maximum absolute atomic E-state index is 5.41. The Morgan fingerprint density at radius 3 is 2.65 bits per heavy atom. The number of aryl methyl sites for hydroxylation is 2. The molecule has 0 spiro atoms. The number of methoxy groups -OCH3 is 1. The molecule has 3 heteroatoms. The smallest absolute Gasteiger partial charge is 0.122 e. The van der Waals surface area contributed by atoms with Crippen LogP contribution in [-0.2, 0) is 0 Å². The number of hydrogen-bond donors (Lipinski definition) is 1. The van der Waals surface area contributed by atoms with Crippen LogP contribution < -0.4 is 10.1 Å². The molecule has 0 saturated heterocycles. The third-order valence-corrected chi connectivity index (χ3v) is 4.27. The topological polar surface area (TPSA) is 21.3 Å². The Morgan fingerprint density at radius 1 is 1.25 bits per heavy atom. The molecule has 0 bridgehead atoms. The minimum Gasteiger partial charge on any atom is -0.496 e. The van der Waals surface area contributed by atoms with Gasteiger partial charge in [0.15, 0.2) is 0 Å². The third-order valence-electron chi connectivity index (χ3n) is 3.57. The molecule has 2 nitrogen and oxygen atoms in total. The van der Waals surface area contributed by atoms with E-state index in [1.54, 1.807) is 18.4 Å². The first kappa shape index (κ1) is 15.1. The lowest BCUT2D eigenvalue weighted by molar-refractivity contribution is 0.411. The molecule has 0 aliphatic rings. The first-order valence-corrected chi connectivity index (χ1v) is 8.02. The predicted octanol–water partition coefficient (Wildman–Crippen LogP) is 4.46. The van der Waals surface area contributed by atoms with Crippen molar-refractivity contribution in [2.24, 2.45) is 0 Å². The van der Waals surface area contributed by atoms with Crippen LogP contribution in [0.15, 0.2) is 29.0 Å². The van der Waals surface area contributed by atoms with Gasteiger partial charge in [-0.3, -0.25) is 0 Å². The van der Waals surface area contributed by atoms with Gasteiger partial charge in [-0.15, -0.1) is 0 Å².